The third kappa shape index (κ3) is 5.40. The molecule has 1 heterocycles. The highest BCUT2D eigenvalue weighted by Gasteiger charge is 2.36. The Balaban J connectivity index is 2.06. The number of methoxy groups -OCH3 is 2. The molecule has 0 radical (unpaired) electrons. The van der Waals surface area contributed by atoms with Crippen LogP contribution >= 0.6 is 0 Å². The Morgan fingerprint density at radius 3 is 2.30 bits per heavy atom. The molecule has 33 heavy (non-hydrogen) atoms. The van der Waals surface area contributed by atoms with Crippen LogP contribution in [-0.2, 0) is 22.3 Å². The van der Waals surface area contributed by atoms with Crippen LogP contribution in [0.25, 0.3) is 11.3 Å². The summed E-state index contributed by atoms with van der Waals surface area (Å²) in [5, 5.41) is 10.9. The molecule has 172 valence electrons. The number of benzene rings is 2. The first-order valence-corrected chi connectivity index (χ1v) is 9.51. The smallest absolute Gasteiger partial charge is 0.417 e. The molecule has 1 N–H and O–H groups in total. The number of carbonyl (C=O) groups excluding carboxylic acids is 1. The summed E-state index contributed by atoms with van der Waals surface area (Å²) in [6, 6.07) is 11.2. The highest BCUT2D eigenvalue weighted by Crippen LogP contribution is 2.38. The zero-order chi connectivity index (χ0) is 24.0. The molecule has 10 heteroatoms. The molecular weight excluding hydrogens is 441 g/mol. The Hall–Kier alpha value is -4.08. The second-order valence-electron chi connectivity index (χ2n) is 6.61. The summed E-state index contributed by atoms with van der Waals surface area (Å²) in [6.45, 7) is 0.00959. The van der Waals surface area contributed by atoms with E-state index in [4.69, 9.17) is 9.47 Å². The Bertz CT molecular complexity index is 1160. The topological polar surface area (TPSA) is 90.8 Å². The van der Waals surface area contributed by atoms with Gasteiger partial charge < -0.3 is 19.3 Å². The lowest BCUT2D eigenvalue weighted by Crippen LogP contribution is -2.15. The lowest BCUT2D eigenvalue weighted by Gasteiger charge is -2.16. The Morgan fingerprint density at radius 1 is 1.00 bits per heavy atom. The van der Waals surface area contributed by atoms with Gasteiger partial charge in [0.05, 0.1) is 19.8 Å². The van der Waals surface area contributed by atoms with Crippen LogP contribution in [0.4, 0.5) is 13.2 Å². The Morgan fingerprint density at radius 2 is 1.67 bits per heavy atom. The summed E-state index contributed by atoms with van der Waals surface area (Å²) in [6.07, 6.45) is -2.30. The lowest BCUT2D eigenvalue weighted by atomic mass is 9.97. The van der Waals surface area contributed by atoms with E-state index in [9.17, 15) is 23.1 Å². The van der Waals surface area contributed by atoms with Gasteiger partial charge in [0, 0.05) is 18.0 Å². The third-order valence-corrected chi connectivity index (χ3v) is 4.55. The first-order chi connectivity index (χ1) is 15.8. The quantitative estimate of drug-likeness (QED) is 0.311. The molecule has 0 saturated heterocycles. The Labute approximate surface area is 187 Å². The maximum Gasteiger partial charge on any atom is 0.417 e. The van der Waals surface area contributed by atoms with Crippen molar-refractivity contribution in [2.75, 3.05) is 14.2 Å². The normalized spacial score (nSPS) is 12.0. The number of halogens is 3. The summed E-state index contributed by atoms with van der Waals surface area (Å²) in [4.78, 5) is 20.4. The number of carbonyl (C=O) groups is 1. The third-order valence-electron chi connectivity index (χ3n) is 4.55. The van der Waals surface area contributed by atoms with Crippen molar-refractivity contribution >= 4 is 17.3 Å². The van der Waals surface area contributed by atoms with Crippen molar-refractivity contribution in [3.05, 3.63) is 83.3 Å². The van der Waals surface area contributed by atoms with Gasteiger partial charge in [-0.3, -0.25) is 0 Å². The van der Waals surface area contributed by atoms with Crippen molar-refractivity contribution in [3.8, 4) is 11.6 Å². The molecule has 0 fully saturated rings. The minimum Gasteiger partial charge on any atom is -0.505 e. The minimum absolute atomic E-state index is 0.00959. The van der Waals surface area contributed by atoms with Crippen LogP contribution in [-0.4, -0.2) is 35.3 Å². The predicted octanol–water partition coefficient (Wildman–Crippen LogP) is 4.68. The van der Waals surface area contributed by atoms with Crippen LogP contribution in [0.2, 0.25) is 0 Å². The van der Waals surface area contributed by atoms with Gasteiger partial charge in [-0.25, -0.2) is 14.8 Å². The molecular formula is C23H19F3N2O5. The van der Waals surface area contributed by atoms with Gasteiger partial charge in [-0.1, -0.05) is 30.3 Å². The maximum atomic E-state index is 13.6. The van der Waals surface area contributed by atoms with Crippen molar-refractivity contribution in [1.82, 2.24) is 9.97 Å². The summed E-state index contributed by atoms with van der Waals surface area (Å²) in [5.74, 6) is -1.59. The van der Waals surface area contributed by atoms with E-state index in [1.165, 1.54) is 31.6 Å². The van der Waals surface area contributed by atoms with Gasteiger partial charge in [-0.15, -0.1) is 0 Å². The van der Waals surface area contributed by atoms with Crippen molar-refractivity contribution in [3.63, 3.8) is 0 Å². The number of alkyl halides is 3. The number of aliphatic hydroxyl groups is 1. The molecule has 7 nitrogen and oxygen atoms in total. The molecule has 3 aromatic rings. The number of rotatable bonds is 7. The van der Waals surface area contributed by atoms with E-state index in [1.807, 2.05) is 0 Å². The van der Waals surface area contributed by atoms with Gasteiger partial charge in [-0.05, 0) is 23.8 Å². The van der Waals surface area contributed by atoms with Crippen LogP contribution in [0.5, 0.6) is 11.6 Å². The molecule has 2 aromatic carbocycles. The summed E-state index contributed by atoms with van der Waals surface area (Å²) < 4.78 is 56.1. The van der Waals surface area contributed by atoms with Gasteiger partial charge in [-0.2, -0.15) is 13.2 Å². The number of aromatic nitrogens is 2. The zero-order valence-electron chi connectivity index (χ0n) is 17.6. The fourth-order valence-electron chi connectivity index (χ4n) is 2.97. The standard InChI is InChI=1S/C23H19F3N2O5/c1-31-15-9-7-14(8-10-15)13-33-21-19(27-11-12-28-21)20(29)18(22(30)32-2)16-5-3-4-6-17(16)23(24,25)26/h3-12,29H,13H2,1-2H3/b20-18+. The number of ether oxygens (including phenoxy) is 3. The molecule has 0 unspecified atom stereocenters. The van der Waals surface area contributed by atoms with Gasteiger partial charge in [0.2, 0.25) is 5.88 Å². The van der Waals surface area contributed by atoms with E-state index in [2.05, 4.69) is 14.7 Å². The fraction of sp³-hybridized carbons (Fsp3) is 0.174. The van der Waals surface area contributed by atoms with Gasteiger partial charge >= 0.3 is 12.1 Å². The van der Waals surface area contributed by atoms with Crippen molar-refractivity contribution in [2.24, 2.45) is 0 Å². The van der Waals surface area contributed by atoms with Crippen LogP contribution in [0, 0.1) is 0 Å². The first kappa shape index (κ1) is 23.6. The second kappa shape index (κ2) is 10.0. The molecule has 0 aliphatic carbocycles. The number of esters is 1. The van der Waals surface area contributed by atoms with E-state index in [-0.39, 0.29) is 18.2 Å². The predicted molar refractivity (Wildman–Crippen MR) is 112 cm³/mol. The molecule has 0 aliphatic heterocycles. The van der Waals surface area contributed by atoms with Crippen molar-refractivity contribution < 1.29 is 37.3 Å². The molecule has 0 atom stereocenters. The molecule has 0 saturated carbocycles. The van der Waals surface area contributed by atoms with E-state index < -0.39 is 34.6 Å². The second-order valence-corrected chi connectivity index (χ2v) is 6.61. The average molecular weight is 460 g/mol. The SMILES string of the molecule is COC(=O)/C(=C(/O)c1nccnc1OCc1ccc(OC)cc1)c1ccccc1C(F)(F)F. The summed E-state index contributed by atoms with van der Waals surface area (Å²) >= 11 is 0. The van der Waals surface area contributed by atoms with Crippen molar-refractivity contribution in [1.29, 1.82) is 0 Å². The molecule has 0 aliphatic rings. The number of nitrogens with zero attached hydrogens (tertiary/aromatic N) is 2. The molecule has 1 aromatic heterocycles. The van der Waals surface area contributed by atoms with Gasteiger partial charge in [0.15, 0.2) is 11.5 Å². The van der Waals surface area contributed by atoms with Gasteiger partial charge in [0.25, 0.3) is 0 Å². The highest BCUT2D eigenvalue weighted by molar-refractivity contribution is 6.23. The highest BCUT2D eigenvalue weighted by atomic mass is 19.4. The lowest BCUT2D eigenvalue weighted by molar-refractivity contribution is -0.138. The fourth-order valence-corrected chi connectivity index (χ4v) is 2.97. The molecule has 0 bridgehead atoms. The minimum atomic E-state index is -4.79. The number of hydrogen-bond donors (Lipinski definition) is 1. The van der Waals surface area contributed by atoms with Crippen LogP contribution in [0.15, 0.2) is 60.9 Å². The number of hydrogen-bond acceptors (Lipinski definition) is 7. The maximum absolute atomic E-state index is 13.6. The number of aliphatic hydroxyl groups excluding tert-OH is 1. The summed E-state index contributed by atoms with van der Waals surface area (Å²) in [7, 11) is 2.52. The summed E-state index contributed by atoms with van der Waals surface area (Å²) in [5.41, 5.74) is -2.00. The van der Waals surface area contributed by atoms with E-state index in [0.717, 1.165) is 24.8 Å². The molecule has 3 rings (SSSR count). The average Bonchev–Trinajstić information content (AvgIpc) is 2.82. The van der Waals surface area contributed by atoms with Gasteiger partial charge in [0.1, 0.15) is 17.9 Å². The first-order valence-electron chi connectivity index (χ1n) is 9.51. The molecule has 0 spiro atoms. The van der Waals surface area contributed by atoms with Crippen LogP contribution in [0.1, 0.15) is 22.4 Å². The van der Waals surface area contributed by atoms with Crippen LogP contribution < -0.4 is 9.47 Å². The largest absolute Gasteiger partial charge is 0.505 e. The molecule has 0 amide bonds. The monoisotopic (exact) mass is 460 g/mol. The van der Waals surface area contributed by atoms with Crippen LogP contribution in [0.3, 0.4) is 0 Å². The van der Waals surface area contributed by atoms with E-state index in [1.54, 1.807) is 24.3 Å². The van der Waals surface area contributed by atoms with E-state index >= 15 is 0 Å². The zero-order valence-corrected chi connectivity index (χ0v) is 17.6. The van der Waals surface area contributed by atoms with Crippen molar-refractivity contribution in [2.45, 2.75) is 12.8 Å². The van der Waals surface area contributed by atoms with E-state index in [0.29, 0.717) is 5.75 Å². The Kier molecular flexibility index (Phi) is 7.17.